The Morgan fingerprint density at radius 1 is 1.22 bits per heavy atom. The van der Waals surface area contributed by atoms with Crippen molar-refractivity contribution in [3.8, 4) is 0 Å². The van der Waals surface area contributed by atoms with Crippen molar-refractivity contribution in [1.29, 1.82) is 0 Å². The lowest BCUT2D eigenvalue weighted by Crippen LogP contribution is -2.64. The minimum Gasteiger partial charge on any atom is -0.463 e. The highest BCUT2D eigenvalue weighted by molar-refractivity contribution is 9.10. The van der Waals surface area contributed by atoms with Crippen molar-refractivity contribution in [1.82, 2.24) is 14.8 Å². The average molecular weight is 498 g/mol. The van der Waals surface area contributed by atoms with E-state index in [-0.39, 0.29) is 17.9 Å². The fourth-order valence-electron chi connectivity index (χ4n) is 5.08. The number of furan rings is 1. The molecule has 7 heteroatoms. The molecule has 1 aromatic carbocycles. The molecule has 0 spiro atoms. The molecular weight excluding hydrogens is 470 g/mol. The molecule has 168 valence electrons. The lowest BCUT2D eigenvalue weighted by atomic mass is 9.86. The number of halogens is 1. The van der Waals surface area contributed by atoms with Gasteiger partial charge in [0, 0.05) is 29.2 Å². The number of hydrogen-bond donors (Lipinski definition) is 1. The van der Waals surface area contributed by atoms with Gasteiger partial charge in [-0.15, -0.1) is 0 Å². The van der Waals surface area contributed by atoms with E-state index in [1.165, 1.54) is 0 Å². The first-order chi connectivity index (χ1) is 15.3. The van der Waals surface area contributed by atoms with Gasteiger partial charge in [-0.3, -0.25) is 9.59 Å². The average Bonchev–Trinajstić information content (AvgIpc) is 3.35. The van der Waals surface area contributed by atoms with Crippen LogP contribution in [0.15, 0.2) is 51.6 Å². The van der Waals surface area contributed by atoms with Crippen LogP contribution in [0.1, 0.15) is 55.6 Å². The van der Waals surface area contributed by atoms with Gasteiger partial charge >= 0.3 is 0 Å². The van der Waals surface area contributed by atoms with Gasteiger partial charge in [-0.25, -0.2) is 0 Å². The SMILES string of the molecule is CC1CCC(NC(=O)[C@@]2(C)Cn3c(cc4occc43)C(=O)N2Cc2cccc(Br)c2)CC1. The largest absolute Gasteiger partial charge is 0.463 e. The molecule has 0 bridgehead atoms. The van der Waals surface area contributed by atoms with E-state index in [0.29, 0.717) is 30.3 Å². The number of amides is 2. The predicted octanol–water partition coefficient (Wildman–Crippen LogP) is 5.11. The van der Waals surface area contributed by atoms with Gasteiger partial charge in [0.25, 0.3) is 5.91 Å². The maximum absolute atomic E-state index is 13.7. The fourth-order valence-corrected chi connectivity index (χ4v) is 5.53. The van der Waals surface area contributed by atoms with Crippen LogP contribution in [-0.2, 0) is 17.9 Å². The summed E-state index contributed by atoms with van der Waals surface area (Å²) in [7, 11) is 0. The van der Waals surface area contributed by atoms with Crippen LogP contribution >= 0.6 is 15.9 Å². The lowest BCUT2D eigenvalue weighted by molar-refractivity contribution is -0.134. The van der Waals surface area contributed by atoms with Crippen molar-refractivity contribution in [3.05, 3.63) is 58.4 Å². The smallest absolute Gasteiger partial charge is 0.271 e. The van der Waals surface area contributed by atoms with Crippen LogP contribution < -0.4 is 5.32 Å². The Hall–Kier alpha value is -2.54. The molecule has 2 aliphatic rings. The number of rotatable bonds is 4. The summed E-state index contributed by atoms with van der Waals surface area (Å²) in [6.45, 7) is 4.90. The highest BCUT2D eigenvalue weighted by Gasteiger charge is 2.48. The number of fused-ring (bicyclic) bond motifs is 3. The first kappa shape index (κ1) is 21.3. The second kappa shape index (κ2) is 8.10. The van der Waals surface area contributed by atoms with E-state index in [9.17, 15) is 9.59 Å². The molecule has 3 aromatic rings. The number of nitrogens with zero attached hydrogens (tertiary/aromatic N) is 2. The van der Waals surface area contributed by atoms with Crippen molar-refractivity contribution in [2.45, 2.75) is 64.2 Å². The normalized spacial score (nSPS) is 25.7. The number of aromatic nitrogens is 1. The molecule has 0 unspecified atom stereocenters. The molecule has 1 N–H and O–H groups in total. The standard InChI is InChI=1S/C25H28BrN3O3/c1-16-6-8-19(9-7-16)27-24(31)25(2)15-28-20-10-11-32-22(20)13-21(28)23(30)29(25)14-17-4-3-5-18(26)12-17/h3-5,10-13,16,19H,6-9,14-15H2,1-2H3,(H,27,31)/t16?,19?,25-/m1/s1. The Kier molecular flexibility index (Phi) is 5.40. The molecule has 0 saturated heterocycles. The number of carbonyl (C=O) groups is 2. The molecule has 2 aromatic heterocycles. The van der Waals surface area contributed by atoms with Crippen LogP contribution in [0.2, 0.25) is 0 Å². The quantitative estimate of drug-likeness (QED) is 0.544. The molecule has 32 heavy (non-hydrogen) atoms. The van der Waals surface area contributed by atoms with Crippen molar-refractivity contribution >= 4 is 38.8 Å². The van der Waals surface area contributed by atoms with Crippen LogP contribution in [0.3, 0.4) is 0 Å². The fraction of sp³-hybridized carbons (Fsp3) is 0.440. The third kappa shape index (κ3) is 3.66. The van der Waals surface area contributed by atoms with Crippen LogP contribution in [-0.4, -0.2) is 32.9 Å². The summed E-state index contributed by atoms with van der Waals surface area (Å²) in [5.41, 5.74) is 2.04. The predicted molar refractivity (Wildman–Crippen MR) is 126 cm³/mol. The van der Waals surface area contributed by atoms with E-state index >= 15 is 0 Å². The van der Waals surface area contributed by atoms with E-state index in [0.717, 1.165) is 41.2 Å². The van der Waals surface area contributed by atoms with Gasteiger partial charge in [-0.1, -0.05) is 35.0 Å². The molecule has 1 fully saturated rings. The first-order valence-electron chi connectivity index (χ1n) is 11.3. The maximum Gasteiger partial charge on any atom is 0.271 e. The maximum atomic E-state index is 13.7. The van der Waals surface area contributed by atoms with E-state index in [1.54, 1.807) is 17.2 Å². The Morgan fingerprint density at radius 2 is 2.00 bits per heavy atom. The topological polar surface area (TPSA) is 67.5 Å². The number of nitrogens with one attached hydrogen (secondary N) is 1. The van der Waals surface area contributed by atoms with Crippen molar-refractivity contribution in [2.75, 3.05) is 0 Å². The zero-order valence-electron chi connectivity index (χ0n) is 18.4. The third-order valence-electron chi connectivity index (χ3n) is 7.12. The highest BCUT2D eigenvalue weighted by atomic mass is 79.9. The zero-order valence-corrected chi connectivity index (χ0v) is 20.0. The Bertz CT molecular complexity index is 1170. The van der Waals surface area contributed by atoms with Gasteiger partial charge in [-0.05, 0) is 56.2 Å². The van der Waals surface area contributed by atoms with Gasteiger partial charge in [-0.2, -0.15) is 0 Å². The van der Waals surface area contributed by atoms with Gasteiger partial charge in [0.15, 0.2) is 5.58 Å². The molecule has 1 saturated carbocycles. The molecule has 3 heterocycles. The zero-order chi connectivity index (χ0) is 22.5. The minimum atomic E-state index is -1.02. The van der Waals surface area contributed by atoms with E-state index in [4.69, 9.17) is 4.42 Å². The van der Waals surface area contributed by atoms with Gasteiger partial charge in [0.05, 0.1) is 18.3 Å². The van der Waals surface area contributed by atoms with Crippen LogP contribution in [0.4, 0.5) is 0 Å². The second-order valence-corrected chi connectivity index (χ2v) is 10.4. The molecule has 1 aliphatic heterocycles. The monoisotopic (exact) mass is 497 g/mol. The number of hydrogen-bond acceptors (Lipinski definition) is 3. The van der Waals surface area contributed by atoms with Crippen LogP contribution in [0.5, 0.6) is 0 Å². The van der Waals surface area contributed by atoms with Gasteiger partial charge < -0.3 is 19.2 Å². The Labute approximate surface area is 196 Å². The molecule has 0 radical (unpaired) electrons. The lowest BCUT2D eigenvalue weighted by Gasteiger charge is -2.45. The summed E-state index contributed by atoms with van der Waals surface area (Å²) in [4.78, 5) is 29.2. The van der Waals surface area contributed by atoms with Crippen molar-refractivity contribution in [3.63, 3.8) is 0 Å². The summed E-state index contributed by atoms with van der Waals surface area (Å²) in [6.07, 6.45) is 5.85. The van der Waals surface area contributed by atoms with Crippen LogP contribution in [0.25, 0.3) is 11.1 Å². The number of benzene rings is 1. The summed E-state index contributed by atoms with van der Waals surface area (Å²) in [5.74, 6) is 0.466. The van der Waals surface area contributed by atoms with Crippen molar-refractivity contribution < 1.29 is 14.0 Å². The van der Waals surface area contributed by atoms with Gasteiger partial charge in [0.1, 0.15) is 11.2 Å². The summed E-state index contributed by atoms with van der Waals surface area (Å²) in [6, 6.07) is 11.7. The molecule has 2 amide bonds. The first-order valence-corrected chi connectivity index (χ1v) is 12.1. The molecular formula is C25H28BrN3O3. The Balaban J connectivity index is 1.51. The summed E-state index contributed by atoms with van der Waals surface area (Å²) >= 11 is 3.51. The molecule has 1 atom stereocenters. The molecule has 6 nitrogen and oxygen atoms in total. The van der Waals surface area contributed by atoms with Crippen LogP contribution in [0, 0.1) is 5.92 Å². The van der Waals surface area contributed by atoms with Gasteiger partial charge in [0.2, 0.25) is 5.91 Å². The second-order valence-electron chi connectivity index (χ2n) is 9.51. The third-order valence-corrected chi connectivity index (χ3v) is 7.61. The van der Waals surface area contributed by atoms with Crippen molar-refractivity contribution in [2.24, 2.45) is 5.92 Å². The summed E-state index contributed by atoms with van der Waals surface area (Å²) < 4.78 is 8.43. The van der Waals surface area contributed by atoms with E-state index in [2.05, 4.69) is 28.2 Å². The molecule has 1 aliphatic carbocycles. The summed E-state index contributed by atoms with van der Waals surface area (Å²) in [5, 5.41) is 3.28. The minimum absolute atomic E-state index is 0.0867. The number of carbonyl (C=O) groups excluding carboxylic acids is 2. The molecule has 5 rings (SSSR count). The Morgan fingerprint density at radius 3 is 2.75 bits per heavy atom. The highest BCUT2D eigenvalue weighted by Crippen LogP contribution is 2.34. The van der Waals surface area contributed by atoms with E-state index < -0.39 is 5.54 Å². The van der Waals surface area contributed by atoms with E-state index in [1.807, 2.05) is 41.8 Å².